The third-order valence-corrected chi connectivity index (χ3v) is 4.15. The fourth-order valence-electron chi connectivity index (χ4n) is 2.45. The Morgan fingerprint density at radius 1 is 1.10 bits per heavy atom. The van der Waals surface area contributed by atoms with E-state index < -0.39 is 5.63 Å². The molecule has 1 unspecified atom stereocenters. The summed E-state index contributed by atoms with van der Waals surface area (Å²) in [5.74, 6) is -0.253. The maximum Gasteiger partial charge on any atom is 0.343 e. The molecule has 3 aromatic rings. The second-order valence-corrected chi connectivity index (χ2v) is 5.84. The number of para-hydroxylation sites is 1. The van der Waals surface area contributed by atoms with Crippen molar-refractivity contribution in [3.63, 3.8) is 0 Å². The van der Waals surface area contributed by atoms with E-state index in [9.17, 15) is 9.90 Å². The van der Waals surface area contributed by atoms with Gasteiger partial charge in [0.05, 0.1) is 10.9 Å². The van der Waals surface area contributed by atoms with Crippen LogP contribution < -0.4 is 5.63 Å². The number of benzene rings is 2. The third-order valence-electron chi connectivity index (χ3n) is 3.62. The minimum atomic E-state index is -0.499. The Balaban J connectivity index is 2.20. The van der Waals surface area contributed by atoms with Crippen LogP contribution >= 0.6 is 15.9 Å². The van der Waals surface area contributed by atoms with E-state index in [1.54, 1.807) is 24.3 Å². The van der Waals surface area contributed by atoms with E-state index in [-0.39, 0.29) is 17.2 Å². The zero-order valence-electron chi connectivity index (χ0n) is 11.3. The minimum Gasteiger partial charge on any atom is -0.507 e. The highest BCUT2D eigenvalue weighted by Crippen LogP contribution is 2.33. The van der Waals surface area contributed by atoms with Crippen LogP contribution in [0.3, 0.4) is 0 Å². The van der Waals surface area contributed by atoms with Crippen molar-refractivity contribution in [2.75, 3.05) is 0 Å². The van der Waals surface area contributed by atoms with Crippen molar-refractivity contribution in [3.05, 3.63) is 74.6 Å². The predicted octanol–water partition coefficient (Wildman–Crippen LogP) is 4.41. The molecule has 3 rings (SSSR count). The van der Waals surface area contributed by atoms with Gasteiger partial charge in [0.25, 0.3) is 0 Å². The first kappa shape index (κ1) is 13.9. The molecule has 0 amide bonds. The van der Waals surface area contributed by atoms with Gasteiger partial charge in [0.1, 0.15) is 11.3 Å². The van der Waals surface area contributed by atoms with Gasteiger partial charge in [0.2, 0.25) is 0 Å². The van der Waals surface area contributed by atoms with Gasteiger partial charge in [-0.25, -0.2) is 4.79 Å². The number of fused-ring (bicyclic) bond motifs is 1. The zero-order chi connectivity index (χ0) is 15.0. The molecule has 4 heteroatoms. The van der Waals surface area contributed by atoms with Crippen LogP contribution in [0.2, 0.25) is 0 Å². The molecule has 3 nitrogen and oxygen atoms in total. The van der Waals surface area contributed by atoms with Crippen LogP contribution in [0.5, 0.6) is 5.75 Å². The Morgan fingerprint density at radius 3 is 2.48 bits per heavy atom. The SMILES string of the molecule is CC(c1ccc(Br)cc1)c1c(O)c2ccccc2oc1=O. The van der Waals surface area contributed by atoms with Crippen LogP contribution in [-0.2, 0) is 0 Å². The lowest BCUT2D eigenvalue weighted by atomic mass is 9.93. The Morgan fingerprint density at radius 2 is 1.76 bits per heavy atom. The van der Waals surface area contributed by atoms with Crippen molar-refractivity contribution >= 4 is 26.9 Å². The van der Waals surface area contributed by atoms with Crippen molar-refractivity contribution in [2.45, 2.75) is 12.8 Å². The van der Waals surface area contributed by atoms with Crippen LogP contribution in [0.1, 0.15) is 24.0 Å². The van der Waals surface area contributed by atoms with Gasteiger partial charge in [0, 0.05) is 10.4 Å². The van der Waals surface area contributed by atoms with E-state index in [0.29, 0.717) is 11.0 Å². The first-order valence-corrected chi connectivity index (χ1v) is 7.37. The van der Waals surface area contributed by atoms with Crippen molar-refractivity contribution in [1.29, 1.82) is 0 Å². The average Bonchev–Trinajstić information content (AvgIpc) is 2.48. The van der Waals surface area contributed by atoms with Crippen molar-refractivity contribution < 1.29 is 9.52 Å². The van der Waals surface area contributed by atoms with E-state index in [4.69, 9.17) is 4.42 Å². The molecule has 0 saturated heterocycles. The summed E-state index contributed by atoms with van der Waals surface area (Å²) in [6.45, 7) is 1.88. The first-order chi connectivity index (χ1) is 10.1. The molecule has 1 heterocycles. The monoisotopic (exact) mass is 344 g/mol. The average molecular weight is 345 g/mol. The topological polar surface area (TPSA) is 50.4 Å². The highest BCUT2D eigenvalue weighted by molar-refractivity contribution is 9.10. The Kier molecular flexibility index (Phi) is 3.55. The quantitative estimate of drug-likeness (QED) is 0.700. The molecule has 0 fully saturated rings. The molecule has 0 bridgehead atoms. The summed E-state index contributed by atoms with van der Waals surface area (Å²) < 4.78 is 6.28. The van der Waals surface area contributed by atoms with Crippen molar-refractivity contribution in [3.8, 4) is 5.75 Å². The molecule has 1 atom stereocenters. The zero-order valence-corrected chi connectivity index (χ0v) is 12.9. The van der Waals surface area contributed by atoms with Gasteiger partial charge in [-0.15, -0.1) is 0 Å². The molecule has 1 N–H and O–H groups in total. The fourth-order valence-corrected chi connectivity index (χ4v) is 2.71. The van der Waals surface area contributed by atoms with Crippen LogP contribution in [0.15, 0.2) is 62.2 Å². The van der Waals surface area contributed by atoms with Crippen LogP contribution in [0.4, 0.5) is 0 Å². The summed E-state index contributed by atoms with van der Waals surface area (Å²) in [5.41, 5.74) is 1.13. The van der Waals surface area contributed by atoms with Gasteiger partial charge < -0.3 is 9.52 Å². The normalized spacial score (nSPS) is 12.5. The summed E-state index contributed by atoms with van der Waals surface area (Å²) in [4.78, 5) is 12.2. The van der Waals surface area contributed by atoms with Gasteiger partial charge in [0.15, 0.2) is 0 Å². The lowest BCUT2D eigenvalue weighted by Gasteiger charge is -2.14. The largest absolute Gasteiger partial charge is 0.507 e. The first-order valence-electron chi connectivity index (χ1n) is 6.58. The Hall–Kier alpha value is -2.07. The molecular formula is C17H13BrO3. The van der Waals surface area contributed by atoms with Gasteiger partial charge >= 0.3 is 5.63 Å². The summed E-state index contributed by atoms with van der Waals surface area (Å²) in [7, 11) is 0. The van der Waals surface area contributed by atoms with Crippen molar-refractivity contribution in [2.24, 2.45) is 0 Å². The van der Waals surface area contributed by atoms with E-state index in [1.165, 1.54) is 0 Å². The highest BCUT2D eigenvalue weighted by atomic mass is 79.9. The van der Waals surface area contributed by atoms with E-state index in [1.807, 2.05) is 31.2 Å². The summed E-state index contributed by atoms with van der Waals surface area (Å²) in [5, 5.41) is 11.0. The maximum absolute atomic E-state index is 12.2. The van der Waals surface area contributed by atoms with Crippen LogP contribution in [-0.4, -0.2) is 5.11 Å². The van der Waals surface area contributed by atoms with Crippen LogP contribution in [0.25, 0.3) is 11.0 Å². The fraction of sp³-hybridized carbons (Fsp3) is 0.118. The second-order valence-electron chi connectivity index (χ2n) is 4.92. The molecule has 1 aromatic heterocycles. The maximum atomic E-state index is 12.2. The van der Waals surface area contributed by atoms with Crippen molar-refractivity contribution in [1.82, 2.24) is 0 Å². The Bertz CT molecular complexity index is 850. The van der Waals surface area contributed by atoms with Gasteiger partial charge in [-0.2, -0.15) is 0 Å². The molecule has 0 aliphatic rings. The standard InChI is InChI=1S/C17H13BrO3/c1-10(11-6-8-12(18)9-7-11)15-16(19)13-4-2-3-5-14(13)21-17(15)20/h2-10,19H,1H3. The van der Waals surface area contributed by atoms with E-state index >= 15 is 0 Å². The molecular weight excluding hydrogens is 332 g/mol. The van der Waals surface area contributed by atoms with Gasteiger partial charge in [-0.3, -0.25) is 0 Å². The number of rotatable bonds is 2. The molecule has 0 aliphatic carbocycles. The molecule has 0 saturated carbocycles. The molecule has 0 radical (unpaired) electrons. The predicted molar refractivity (Wildman–Crippen MR) is 85.8 cm³/mol. The number of aromatic hydroxyl groups is 1. The number of hydrogen-bond donors (Lipinski definition) is 1. The third kappa shape index (κ3) is 2.47. The molecule has 21 heavy (non-hydrogen) atoms. The summed E-state index contributed by atoms with van der Waals surface area (Å²) in [6, 6.07) is 14.6. The van der Waals surface area contributed by atoms with E-state index in [0.717, 1.165) is 10.0 Å². The number of halogens is 1. The molecule has 2 aromatic carbocycles. The molecule has 106 valence electrons. The Labute approximate surface area is 130 Å². The lowest BCUT2D eigenvalue weighted by Crippen LogP contribution is -2.12. The highest BCUT2D eigenvalue weighted by Gasteiger charge is 2.20. The molecule has 0 spiro atoms. The van der Waals surface area contributed by atoms with Gasteiger partial charge in [-0.1, -0.05) is 47.1 Å². The molecule has 0 aliphatic heterocycles. The minimum absolute atomic E-state index is 0.00253. The summed E-state index contributed by atoms with van der Waals surface area (Å²) in [6.07, 6.45) is 0. The van der Waals surface area contributed by atoms with Gasteiger partial charge in [-0.05, 0) is 29.8 Å². The lowest BCUT2D eigenvalue weighted by molar-refractivity contribution is 0.453. The second kappa shape index (κ2) is 5.37. The number of hydrogen-bond acceptors (Lipinski definition) is 3. The summed E-state index contributed by atoms with van der Waals surface area (Å²) >= 11 is 3.38. The smallest absolute Gasteiger partial charge is 0.343 e. The van der Waals surface area contributed by atoms with Crippen LogP contribution in [0, 0.1) is 0 Å². The van der Waals surface area contributed by atoms with E-state index in [2.05, 4.69) is 15.9 Å².